The number of benzene rings is 1. The van der Waals surface area contributed by atoms with Crippen molar-refractivity contribution in [3.05, 3.63) is 59.5 Å². The minimum absolute atomic E-state index is 0.0797. The molecule has 1 N–H and O–H groups in total. The highest BCUT2D eigenvalue weighted by Gasteiger charge is 2.49. The highest BCUT2D eigenvalue weighted by atomic mass is 16.5. The molecule has 32 heavy (non-hydrogen) atoms. The summed E-state index contributed by atoms with van der Waals surface area (Å²) < 4.78 is 7.64. The number of aryl methyl sites for hydroxylation is 1. The van der Waals surface area contributed by atoms with Crippen LogP contribution in [0.3, 0.4) is 0 Å². The Morgan fingerprint density at radius 3 is 2.69 bits per heavy atom. The number of aliphatic hydroxyl groups is 1. The van der Waals surface area contributed by atoms with Gasteiger partial charge in [0.1, 0.15) is 5.75 Å². The number of pyridine rings is 1. The molecule has 2 aromatic heterocycles. The van der Waals surface area contributed by atoms with E-state index in [2.05, 4.69) is 33.6 Å². The van der Waals surface area contributed by atoms with Gasteiger partial charge in [-0.15, -0.1) is 0 Å². The van der Waals surface area contributed by atoms with Gasteiger partial charge in [0.05, 0.1) is 30.8 Å². The standard InChI is InChI=1S/C25H30N4O3/c1-27-11-8-25(9-12-27)16-29(24(31)17-5-4-10-26-14-17)21(15-30)23-22(25)19-7-6-18(32-3)13-20(19)28(23)2/h4-7,10,13-14,21,30H,8-9,11-12,15-16H2,1-3H3/t21-/m1/s1. The second-order valence-electron chi connectivity index (χ2n) is 9.16. The molecule has 3 aromatic rings. The van der Waals surface area contributed by atoms with Crippen LogP contribution in [0.1, 0.15) is 40.5 Å². The molecule has 1 aromatic carbocycles. The first-order valence-electron chi connectivity index (χ1n) is 11.2. The lowest BCUT2D eigenvalue weighted by molar-refractivity contribution is 0.0353. The van der Waals surface area contributed by atoms with Gasteiger partial charge in [-0.05, 0) is 62.8 Å². The van der Waals surface area contributed by atoms with Crippen molar-refractivity contribution in [3.63, 3.8) is 0 Å². The molecule has 1 saturated heterocycles. The van der Waals surface area contributed by atoms with Crippen LogP contribution >= 0.6 is 0 Å². The minimum Gasteiger partial charge on any atom is -0.497 e. The number of methoxy groups -OCH3 is 1. The van der Waals surface area contributed by atoms with E-state index in [4.69, 9.17) is 4.74 Å². The summed E-state index contributed by atoms with van der Waals surface area (Å²) in [5, 5.41) is 11.7. The van der Waals surface area contributed by atoms with Gasteiger partial charge in [0.25, 0.3) is 5.91 Å². The molecule has 0 radical (unpaired) electrons. The Balaban J connectivity index is 1.73. The molecule has 168 valence electrons. The van der Waals surface area contributed by atoms with Crippen LogP contribution in [-0.2, 0) is 12.5 Å². The van der Waals surface area contributed by atoms with Crippen molar-refractivity contribution in [2.75, 3.05) is 40.4 Å². The Bertz CT molecular complexity index is 1150. The number of aliphatic hydroxyl groups excluding tert-OH is 1. The first-order chi connectivity index (χ1) is 15.5. The average Bonchev–Trinajstić information content (AvgIpc) is 3.13. The van der Waals surface area contributed by atoms with Gasteiger partial charge in [-0.3, -0.25) is 9.78 Å². The number of carbonyl (C=O) groups excluding carboxylic acids is 1. The van der Waals surface area contributed by atoms with E-state index >= 15 is 0 Å². The summed E-state index contributed by atoms with van der Waals surface area (Å²) in [4.78, 5) is 22.0. The summed E-state index contributed by atoms with van der Waals surface area (Å²) in [6.45, 7) is 2.42. The fraction of sp³-hybridized carbons (Fsp3) is 0.440. The molecule has 2 aliphatic heterocycles. The normalized spacial score (nSPS) is 20.5. The van der Waals surface area contributed by atoms with Gasteiger partial charge in [-0.1, -0.05) is 0 Å². The Kier molecular flexibility index (Phi) is 5.18. The van der Waals surface area contributed by atoms with Crippen molar-refractivity contribution in [1.82, 2.24) is 19.4 Å². The zero-order valence-electron chi connectivity index (χ0n) is 18.9. The van der Waals surface area contributed by atoms with Crippen LogP contribution in [-0.4, -0.2) is 70.8 Å². The van der Waals surface area contributed by atoms with Crippen LogP contribution in [0.5, 0.6) is 5.75 Å². The number of likely N-dealkylation sites (tertiary alicyclic amines) is 1. The van der Waals surface area contributed by atoms with Crippen LogP contribution in [0.15, 0.2) is 42.7 Å². The van der Waals surface area contributed by atoms with E-state index in [1.165, 1.54) is 10.9 Å². The zero-order chi connectivity index (χ0) is 22.5. The number of amides is 1. The van der Waals surface area contributed by atoms with E-state index < -0.39 is 6.04 Å². The maximum atomic E-state index is 13.6. The van der Waals surface area contributed by atoms with Crippen molar-refractivity contribution in [3.8, 4) is 5.75 Å². The molecule has 0 unspecified atom stereocenters. The fourth-order valence-electron chi connectivity index (χ4n) is 5.68. The lowest BCUT2D eigenvalue weighted by Gasteiger charge is -2.50. The third-order valence-corrected chi connectivity index (χ3v) is 7.43. The number of carbonyl (C=O) groups is 1. The Morgan fingerprint density at radius 1 is 1.25 bits per heavy atom. The summed E-state index contributed by atoms with van der Waals surface area (Å²) in [6, 6.07) is 9.37. The summed E-state index contributed by atoms with van der Waals surface area (Å²) >= 11 is 0. The molecule has 4 heterocycles. The molecule has 2 aliphatic rings. The van der Waals surface area contributed by atoms with Gasteiger partial charge < -0.3 is 24.2 Å². The maximum Gasteiger partial charge on any atom is 0.256 e. The number of hydrogen-bond donors (Lipinski definition) is 1. The Hall–Kier alpha value is -2.90. The van der Waals surface area contributed by atoms with Gasteiger partial charge in [0, 0.05) is 48.5 Å². The van der Waals surface area contributed by atoms with Gasteiger partial charge in [-0.25, -0.2) is 0 Å². The molecular weight excluding hydrogens is 404 g/mol. The molecule has 7 heteroatoms. The largest absolute Gasteiger partial charge is 0.497 e. The van der Waals surface area contributed by atoms with Gasteiger partial charge >= 0.3 is 0 Å². The predicted octanol–water partition coefficient (Wildman–Crippen LogP) is 2.73. The second-order valence-corrected chi connectivity index (χ2v) is 9.16. The van der Waals surface area contributed by atoms with E-state index in [0.29, 0.717) is 12.1 Å². The molecule has 1 amide bonds. The van der Waals surface area contributed by atoms with E-state index in [1.807, 2.05) is 18.0 Å². The number of aromatic nitrogens is 2. The molecule has 5 rings (SSSR count). The van der Waals surface area contributed by atoms with Gasteiger partial charge in [0.2, 0.25) is 0 Å². The first kappa shape index (κ1) is 21.0. The molecule has 1 spiro atoms. The van der Waals surface area contributed by atoms with Crippen molar-refractivity contribution < 1.29 is 14.6 Å². The topological polar surface area (TPSA) is 70.8 Å². The molecular formula is C25H30N4O3. The molecule has 1 fully saturated rings. The number of nitrogens with zero attached hydrogens (tertiary/aromatic N) is 4. The maximum absolute atomic E-state index is 13.6. The quantitative estimate of drug-likeness (QED) is 0.686. The third-order valence-electron chi connectivity index (χ3n) is 7.43. The zero-order valence-corrected chi connectivity index (χ0v) is 18.9. The minimum atomic E-state index is -0.411. The number of piperidine rings is 1. The number of ether oxygens (including phenoxy) is 1. The molecule has 1 atom stereocenters. The fourth-order valence-corrected chi connectivity index (χ4v) is 5.68. The van der Waals surface area contributed by atoms with Gasteiger partial charge in [0.15, 0.2) is 0 Å². The van der Waals surface area contributed by atoms with E-state index in [9.17, 15) is 9.90 Å². The monoisotopic (exact) mass is 434 g/mol. The van der Waals surface area contributed by atoms with E-state index in [-0.39, 0.29) is 17.9 Å². The van der Waals surface area contributed by atoms with Crippen molar-refractivity contribution in [2.24, 2.45) is 7.05 Å². The Labute approximate surface area is 188 Å². The first-order valence-corrected chi connectivity index (χ1v) is 11.2. The molecule has 7 nitrogen and oxygen atoms in total. The molecule has 0 bridgehead atoms. The van der Waals surface area contributed by atoms with Crippen LogP contribution in [0.25, 0.3) is 10.9 Å². The smallest absolute Gasteiger partial charge is 0.256 e. The number of fused-ring (bicyclic) bond motifs is 4. The SMILES string of the molecule is COc1ccc2c3c(n(C)c2c1)[C@@H](CO)N(C(=O)c1cccnc1)CC31CCN(C)CC1. The molecule has 0 aliphatic carbocycles. The third kappa shape index (κ3) is 3.11. The molecule has 0 saturated carbocycles. The lowest BCUT2D eigenvalue weighted by Crippen LogP contribution is -2.55. The summed E-state index contributed by atoms with van der Waals surface area (Å²) in [5.74, 6) is 0.723. The van der Waals surface area contributed by atoms with Crippen LogP contribution in [0.2, 0.25) is 0 Å². The summed E-state index contributed by atoms with van der Waals surface area (Å²) in [6.07, 6.45) is 5.22. The average molecular weight is 435 g/mol. The summed E-state index contributed by atoms with van der Waals surface area (Å²) in [5.41, 5.74) is 3.79. The van der Waals surface area contributed by atoms with Crippen LogP contribution in [0, 0.1) is 0 Å². The van der Waals surface area contributed by atoms with Crippen LogP contribution in [0.4, 0.5) is 0 Å². The second kappa shape index (κ2) is 7.90. The van der Waals surface area contributed by atoms with E-state index in [0.717, 1.165) is 42.9 Å². The lowest BCUT2D eigenvalue weighted by atomic mass is 9.68. The number of rotatable bonds is 3. The number of hydrogen-bond acceptors (Lipinski definition) is 5. The van der Waals surface area contributed by atoms with Crippen LogP contribution < -0.4 is 4.74 Å². The summed E-state index contributed by atoms with van der Waals surface area (Å²) in [7, 11) is 5.86. The predicted molar refractivity (Wildman–Crippen MR) is 123 cm³/mol. The Morgan fingerprint density at radius 2 is 2.03 bits per heavy atom. The highest BCUT2D eigenvalue weighted by Crippen LogP contribution is 2.50. The van der Waals surface area contributed by atoms with Crippen molar-refractivity contribution in [1.29, 1.82) is 0 Å². The highest BCUT2D eigenvalue weighted by molar-refractivity contribution is 5.95. The van der Waals surface area contributed by atoms with Crippen molar-refractivity contribution in [2.45, 2.75) is 24.3 Å². The van der Waals surface area contributed by atoms with Gasteiger partial charge in [-0.2, -0.15) is 0 Å². The van der Waals surface area contributed by atoms with Crippen molar-refractivity contribution >= 4 is 16.8 Å². The van der Waals surface area contributed by atoms with E-state index in [1.54, 1.807) is 31.6 Å².